The van der Waals surface area contributed by atoms with E-state index in [1.165, 1.54) is 0 Å². The van der Waals surface area contributed by atoms with Gasteiger partial charge in [-0.3, -0.25) is 4.57 Å². The van der Waals surface area contributed by atoms with Crippen LogP contribution < -0.4 is 0 Å². The molecule has 6 heteroatoms. The molecule has 104 valence electrons. The van der Waals surface area contributed by atoms with E-state index in [0.717, 1.165) is 33.8 Å². The summed E-state index contributed by atoms with van der Waals surface area (Å²) in [6.45, 7) is 3.77. The molecular formula is C15H11ClN4O. The Hall–Kier alpha value is -2.40. The van der Waals surface area contributed by atoms with Crippen LogP contribution in [0, 0.1) is 13.8 Å². The second-order valence-electron chi connectivity index (χ2n) is 4.86. The van der Waals surface area contributed by atoms with E-state index in [1.54, 1.807) is 6.07 Å². The molecule has 0 unspecified atom stereocenters. The Bertz CT molecular complexity index is 986. The fourth-order valence-corrected chi connectivity index (χ4v) is 2.67. The molecule has 0 fully saturated rings. The molecule has 4 aromatic rings. The lowest BCUT2D eigenvalue weighted by atomic mass is 10.3. The highest BCUT2D eigenvalue weighted by molar-refractivity contribution is 6.29. The third-order valence-electron chi connectivity index (χ3n) is 3.37. The van der Waals surface area contributed by atoms with Crippen LogP contribution >= 0.6 is 11.6 Å². The molecule has 0 atom stereocenters. The zero-order valence-corrected chi connectivity index (χ0v) is 12.2. The van der Waals surface area contributed by atoms with Crippen LogP contribution in [0.1, 0.15) is 11.7 Å². The number of fused-ring (bicyclic) bond motifs is 2. The fourth-order valence-electron chi connectivity index (χ4n) is 2.53. The molecule has 0 aliphatic rings. The molecule has 0 N–H and O–H groups in total. The molecule has 0 aliphatic heterocycles. The Kier molecular flexibility index (Phi) is 2.53. The molecular weight excluding hydrogens is 288 g/mol. The minimum absolute atomic E-state index is 0.446. The van der Waals surface area contributed by atoms with Gasteiger partial charge in [0.1, 0.15) is 22.0 Å². The number of hydrogen-bond acceptors (Lipinski definition) is 4. The molecule has 0 spiro atoms. The van der Waals surface area contributed by atoms with E-state index in [2.05, 4.69) is 15.0 Å². The zero-order chi connectivity index (χ0) is 14.6. The van der Waals surface area contributed by atoms with Gasteiger partial charge >= 0.3 is 0 Å². The summed E-state index contributed by atoms with van der Waals surface area (Å²) in [7, 11) is 0. The van der Waals surface area contributed by atoms with Crippen molar-refractivity contribution in [2.75, 3.05) is 0 Å². The summed E-state index contributed by atoms with van der Waals surface area (Å²) in [4.78, 5) is 13.3. The smallest absolute Gasteiger partial charge is 0.192 e. The van der Waals surface area contributed by atoms with Crippen molar-refractivity contribution < 1.29 is 4.42 Å². The number of hydrogen-bond donors (Lipinski definition) is 0. The number of nitrogens with zero attached hydrogens (tertiary/aromatic N) is 4. The van der Waals surface area contributed by atoms with E-state index in [4.69, 9.17) is 16.0 Å². The van der Waals surface area contributed by atoms with E-state index >= 15 is 0 Å². The monoisotopic (exact) mass is 298 g/mol. The van der Waals surface area contributed by atoms with Gasteiger partial charge in [0.15, 0.2) is 17.1 Å². The van der Waals surface area contributed by atoms with Crippen LogP contribution in [0.4, 0.5) is 0 Å². The number of oxazole rings is 1. The Labute approximate surface area is 125 Å². The number of aromatic nitrogens is 4. The first-order chi connectivity index (χ1) is 10.1. The van der Waals surface area contributed by atoms with Gasteiger partial charge < -0.3 is 4.42 Å². The minimum atomic E-state index is 0.446. The number of rotatable bonds is 1. The largest absolute Gasteiger partial charge is 0.441 e. The Morgan fingerprint density at radius 3 is 2.71 bits per heavy atom. The first-order valence-corrected chi connectivity index (χ1v) is 6.89. The second-order valence-corrected chi connectivity index (χ2v) is 5.24. The minimum Gasteiger partial charge on any atom is -0.441 e. The third kappa shape index (κ3) is 1.89. The zero-order valence-electron chi connectivity index (χ0n) is 11.5. The molecule has 0 amide bonds. The summed E-state index contributed by atoms with van der Waals surface area (Å²) in [5.41, 5.74) is 4.07. The summed E-state index contributed by atoms with van der Waals surface area (Å²) in [6, 6.07) is 9.44. The summed E-state index contributed by atoms with van der Waals surface area (Å²) in [5, 5.41) is 0.446. The maximum absolute atomic E-state index is 6.01. The van der Waals surface area contributed by atoms with Crippen LogP contribution in [0.5, 0.6) is 0 Å². The van der Waals surface area contributed by atoms with Crippen molar-refractivity contribution >= 4 is 33.9 Å². The van der Waals surface area contributed by atoms with Gasteiger partial charge in [0.05, 0.1) is 5.69 Å². The average Bonchev–Trinajstić information content (AvgIpc) is 2.95. The van der Waals surface area contributed by atoms with Gasteiger partial charge in [-0.2, -0.15) is 0 Å². The van der Waals surface area contributed by atoms with E-state index in [9.17, 15) is 0 Å². The van der Waals surface area contributed by atoms with Crippen LogP contribution in [0.25, 0.3) is 28.0 Å². The summed E-state index contributed by atoms with van der Waals surface area (Å²) in [6.07, 6.45) is 0. The van der Waals surface area contributed by atoms with Crippen molar-refractivity contribution in [3.05, 3.63) is 47.2 Å². The average molecular weight is 299 g/mol. The van der Waals surface area contributed by atoms with E-state index in [-0.39, 0.29) is 0 Å². The molecule has 1 aromatic carbocycles. The number of aryl methyl sites for hydroxylation is 2. The molecule has 0 saturated carbocycles. The van der Waals surface area contributed by atoms with Crippen molar-refractivity contribution in [3.63, 3.8) is 0 Å². The summed E-state index contributed by atoms with van der Waals surface area (Å²) >= 11 is 6.01. The maximum atomic E-state index is 6.01. The van der Waals surface area contributed by atoms with Crippen LogP contribution in [0.3, 0.4) is 0 Å². The predicted octanol–water partition coefficient (Wildman–Crippen LogP) is 3.83. The van der Waals surface area contributed by atoms with E-state index in [0.29, 0.717) is 11.0 Å². The Morgan fingerprint density at radius 2 is 1.86 bits per heavy atom. The van der Waals surface area contributed by atoms with Gasteiger partial charge in [-0.05, 0) is 37.3 Å². The van der Waals surface area contributed by atoms with Crippen molar-refractivity contribution in [1.29, 1.82) is 0 Å². The van der Waals surface area contributed by atoms with Gasteiger partial charge in [0.2, 0.25) is 0 Å². The SMILES string of the molecule is Cc1nc2cc(-n3c(C)nc4ccc(Cl)nc43)ccc2o1. The molecule has 3 aromatic heterocycles. The van der Waals surface area contributed by atoms with Gasteiger partial charge in [-0.25, -0.2) is 15.0 Å². The van der Waals surface area contributed by atoms with Gasteiger partial charge in [-0.15, -0.1) is 0 Å². The number of imidazole rings is 1. The van der Waals surface area contributed by atoms with Gasteiger partial charge in [0.25, 0.3) is 0 Å². The first kappa shape index (κ1) is 12.3. The number of pyridine rings is 1. The number of benzene rings is 1. The van der Waals surface area contributed by atoms with Gasteiger partial charge in [-0.1, -0.05) is 11.6 Å². The lowest BCUT2D eigenvalue weighted by molar-refractivity contribution is 0.561. The highest BCUT2D eigenvalue weighted by Crippen LogP contribution is 2.24. The quantitative estimate of drug-likeness (QED) is 0.501. The highest BCUT2D eigenvalue weighted by Gasteiger charge is 2.12. The maximum Gasteiger partial charge on any atom is 0.192 e. The molecule has 0 aliphatic carbocycles. The molecule has 5 nitrogen and oxygen atoms in total. The van der Waals surface area contributed by atoms with Crippen LogP contribution in [0.2, 0.25) is 5.15 Å². The molecule has 0 saturated heterocycles. The summed E-state index contributed by atoms with van der Waals surface area (Å²) < 4.78 is 7.47. The Morgan fingerprint density at radius 1 is 1.00 bits per heavy atom. The fraction of sp³-hybridized carbons (Fsp3) is 0.133. The van der Waals surface area contributed by atoms with E-state index < -0.39 is 0 Å². The van der Waals surface area contributed by atoms with Crippen molar-refractivity contribution in [2.24, 2.45) is 0 Å². The third-order valence-corrected chi connectivity index (χ3v) is 3.58. The summed E-state index contributed by atoms with van der Waals surface area (Å²) in [5.74, 6) is 1.50. The highest BCUT2D eigenvalue weighted by atomic mass is 35.5. The molecule has 0 radical (unpaired) electrons. The van der Waals surface area contributed by atoms with Crippen molar-refractivity contribution in [1.82, 2.24) is 19.5 Å². The second kappa shape index (κ2) is 4.30. The van der Waals surface area contributed by atoms with Gasteiger partial charge in [0, 0.05) is 6.92 Å². The Balaban J connectivity index is 2.02. The molecule has 3 heterocycles. The van der Waals surface area contributed by atoms with Crippen LogP contribution in [-0.4, -0.2) is 19.5 Å². The predicted molar refractivity (Wildman–Crippen MR) is 80.9 cm³/mol. The molecule has 21 heavy (non-hydrogen) atoms. The lowest BCUT2D eigenvalue weighted by Gasteiger charge is -2.05. The van der Waals surface area contributed by atoms with Crippen molar-refractivity contribution in [2.45, 2.75) is 13.8 Å². The van der Waals surface area contributed by atoms with Crippen molar-refractivity contribution in [3.8, 4) is 5.69 Å². The van der Waals surface area contributed by atoms with Crippen LogP contribution in [-0.2, 0) is 0 Å². The topological polar surface area (TPSA) is 56.7 Å². The van der Waals surface area contributed by atoms with E-state index in [1.807, 2.05) is 42.7 Å². The van der Waals surface area contributed by atoms with Crippen LogP contribution in [0.15, 0.2) is 34.7 Å². The lowest BCUT2D eigenvalue weighted by Crippen LogP contribution is -1.98. The molecule has 0 bridgehead atoms. The first-order valence-electron chi connectivity index (χ1n) is 6.51. The number of halogens is 1. The normalized spacial score (nSPS) is 11.6. The standard InChI is InChI=1S/C15H11ClN4O/c1-8-17-11-4-6-14(16)19-15(11)20(8)10-3-5-13-12(7-10)18-9(2)21-13/h3-7H,1-2H3. The molecule has 4 rings (SSSR count).